The summed E-state index contributed by atoms with van der Waals surface area (Å²) in [6.45, 7) is 6.60. The maximum atomic E-state index is 13.0. The molecule has 1 aromatic heterocycles. The first-order valence-electron chi connectivity index (χ1n) is 9.62. The average Bonchev–Trinajstić information content (AvgIpc) is 2.72. The number of carbonyl (C=O) groups excluding carboxylic acids is 2. The Bertz CT molecular complexity index is 969. The molecule has 10 nitrogen and oxygen atoms in total. The van der Waals surface area contributed by atoms with Gasteiger partial charge < -0.3 is 29.0 Å². The van der Waals surface area contributed by atoms with Crippen LogP contribution in [0.1, 0.15) is 10.4 Å². The molecule has 0 aliphatic carbocycles. The summed E-state index contributed by atoms with van der Waals surface area (Å²) in [7, 11) is 1.49. The van der Waals surface area contributed by atoms with Crippen molar-refractivity contribution in [2.45, 2.75) is 25.7 Å². The molecular weight excluding hydrogens is 422 g/mol. The number of hydrogen-bond donors (Lipinski definition) is 1. The number of fused-ring (bicyclic) bond motifs is 1. The zero-order chi connectivity index (χ0) is 22.6. The number of rotatable bonds is 8. The maximum Gasteiger partial charge on any atom is 0.345 e. The van der Waals surface area contributed by atoms with Gasteiger partial charge in [-0.2, -0.15) is 9.97 Å². The van der Waals surface area contributed by atoms with Gasteiger partial charge in [0.25, 0.3) is 5.91 Å². The minimum atomic E-state index is -1.40. The molecule has 0 saturated carbocycles. The summed E-state index contributed by atoms with van der Waals surface area (Å²) < 4.78 is 27.1. The van der Waals surface area contributed by atoms with Crippen LogP contribution >= 0.6 is 0 Å². The number of anilines is 1. The van der Waals surface area contributed by atoms with Crippen molar-refractivity contribution in [3.63, 3.8) is 0 Å². The number of aromatic nitrogens is 2. The highest BCUT2D eigenvalue weighted by molar-refractivity contribution is 6.76. The van der Waals surface area contributed by atoms with Gasteiger partial charge in [0.15, 0.2) is 12.4 Å². The quantitative estimate of drug-likeness (QED) is 0.481. The average molecular weight is 448 g/mol. The molecular formula is C20H25N3O7Si. The Morgan fingerprint density at radius 2 is 1.84 bits per heavy atom. The van der Waals surface area contributed by atoms with Crippen LogP contribution < -0.4 is 24.3 Å². The standard InChI is InChI=1S/C20H25N3O7Si/c1-26-15-10-16(27-2)23-20(22-15)30-13-7-6-12-18(29-11-14(24)21-12)17(13)19(25)28-8-9-31(3,4)5/h6-7,10H,8-9,11H2,1-5H3,(H,21,24). The molecule has 31 heavy (non-hydrogen) atoms. The first-order valence-corrected chi connectivity index (χ1v) is 13.3. The molecule has 0 fully saturated rings. The van der Waals surface area contributed by atoms with Crippen molar-refractivity contribution in [1.29, 1.82) is 0 Å². The molecule has 0 atom stereocenters. The molecule has 0 radical (unpaired) electrons. The number of esters is 1. The molecule has 166 valence electrons. The van der Waals surface area contributed by atoms with Crippen molar-refractivity contribution < 1.29 is 33.3 Å². The van der Waals surface area contributed by atoms with E-state index in [2.05, 4.69) is 34.9 Å². The lowest BCUT2D eigenvalue weighted by atomic mass is 10.1. The van der Waals surface area contributed by atoms with Gasteiger partial charge >= 0.3 is 12.0 Å². The van der Waals surface area contributed by atoms with Crippen LogP contribution in [0.4, 0.5) is 5.69 Å². The van der Waals surface area contributed by atoms with Gasteiger partial charge in [-0.3, -0.25) is 4.79 Å². The molecule has 0 saturated heterocycles. The molecule has 2 heterocycles. The van der Waals surface area contributed by atoms with Crippen LogP contribution in [-0.4, -0.2) is 57.4 Å². The molecule has 1 aromatic carbocycles. The van der Waals surface area contributed by atoms with Crippen molar-refractivity contribution in [2.24, 2.45) is 0 Å². The molecule has 11 heteroatoms. The summed E-state index contributed by atoms with van der Waals surface area (Å²) in [5.74, 6) is -0.213. The van der Waals surface area contributed by atoms with E-state index in [-0.39, 0.29) is 54.0 Å². The third-order valence-corrected chi connectivity index (χ3v) is 6.01. The molecule has 1 amide bonds. The van der Waals surface area contributed by atoms with E-state index in [0.717, 1.165) is 6.04 Å². The summed E-state index contributed by atoms with van der Waals surface area (Å²) >= 11 is 0. The highest BCUT2D eigenvalue weighted by Crippen LogP contribution is 2.40. The van der Waals surface area contributed by atoms with E-state index in [4.69, 9.17) is 23.7 Å². The summed E-state index contributed by atoms with van der Waals surface area (Å²) in [5.41, 5.74) is 0.392. The zero-order valence-corrected chi connectivity index (χ0v) is 19.1. The molecule has 0 bridgehead atoms. The van der Waals surface area contributed by atoms with E-state index in [1.165, 1.54) is 26.4 Å². The second kappa shape index (κ2) is 9.21. The number of ether oxygens (including phenoxy) is 5. The van der Waals surface area contributed by atoms with Crippen molar-refractivity contribution in [3.8, 4) is 29.3 Å². The van der Waals surface area contributed by atoms with Crippen LogP contribution in [-0.2, 0) is 9.53 Å². The fourth-order valence-electron chi connectivity index (χ4n) is 2.67. The number of carbonyl (C=O) groups is 2. The second-order valence-electron chi connectivity index (χ2n) is 7.94. The van der Waals surface area contributed by atoms with Crippen molar-refractivity contribution in [3.05, 3.63) is 23.8 Å². The molecule has 0 spiro atoms. The first kappa shape index (κ1) is 22.3. The number of hydrogen-bond acceptors (Lipinski definition) is 9. The molecule has 0 unspecified atom stereocenters. The summed E-state index contributed by atoms with van der Waals surface area (Å²) in [6.07, 6.45) is 0. The van der Waals surface area contributed by atoms with Gasteiger partial charge in [0.1, 0.15) is 11.3 Å². The van der Waals surface area contributed by atoms with Crippen LogP contribution in [0, 0.1) is 0 Å². The van der Waals surface area contributed by atoms with Crippen LogP contribution in [0.2, 0.25) is 25.7 Å². The summed E-state index contributed by atoms with van der Waals surface area (Å²) in [5, 5.41) is 2.67. The van der Waals surface area contributed by atoms with E-state index < -0.39 is 14.0 Å². The van der Waals surface area contributed by atoms with Crippen molar-refractivity contribution in [1.82, 2.24) is 9.97 Å². The Morgan fingerprint density at radius 1 is 1.16 bits per heavy atom. The fraction of sp³-hybridized carbons (Fsp3) is 0.400. The Balaban J connectivity index is 1.96. The smallest absolute Gasteiger partial charge is 0.345 e. The number of benzene rings is 1. The van der Waals surface area contributed by atoms with Crippen LogP contribution in [0.3, 0.4) is 0 Å². The lowest BCUT2D eigenvalue weighted by Gasteiger charge is -2.22. The fourth-order valence-corrected chi connectivity index (χ4v) is 3.39. The van der Waals surface area contributed by atoms with Crippen molar-refractivity contribution in [2.75, 3.05) is 32.8 Å². The highest BCUT2D eigenvalue weighted by atomic mass is 28.3. The van der Waals surface area contributed by atoms with Gasteiger partial charge in [0.2, 0.25) is 11.8 Å². The molecule has 1 N–H and O–H groups in total. The largest absolute Gasteiger partial charge is 0.481 e. The Morgan fingerprint density at radius 3 is 2.45 bits per heavy atom. The van der Waals surface area contributed by atoms with E-state index >= 15 is 0 Å². The predicted molar refractivity (Wildman–Crippen MR) is 114 cm³/mol. The molecule has 2 aromatic rings. The van der Waals surface area contributed by atoms with Gasteiger partial charge in [-0.25, -0.2) is 4.79 Å². The van der Waals surface area contributed by atoms with E-state index in [9.17, 15) is 9.59 Å². The van der Waals surface area contributed by atoms with Gasteiger partial charge in [-0.15, -0.1) is 0 Å². The number of nitrogens with zero attached hydrogens (tertiary/aromatic N) is 2. The van der Waals surface area contributed by atoms with Gasteiger partial charge in [0.05, 0.1) is 32.6 Å². The monoisotopic (exact) mass is 447 g/mol. The summed E-state index contributed by atoms with van der Waals surface area (Å²) in [4.78, 5) is 32.9. The first-order chi connectivity index (χ1) is 14.7. The number of nitrogens with one attached hydrogen (secondary N) is 1. The SMILES string of the molecule is COc1cc(OC)nc(Oc2ccc3c(c2C(=O)OCC[Si](C)(C)C)OCC(=O)N3)n1. The Hall–Kier alpha value is -3.34. The number of amides is 1. The third kappa shape index (κ3) is 5.63. The molecule has 1 aliphatic rings. The predicted octanol–water partition coefficient (Wildman–Crippen LogP) is 3.11. The second-order valence-corrected chi connectivity index (χ2v) is 13.6. The maximum absolute atomic E-state index is 13.0. The minimum Gasteiger partial charge on any atom is -0.481 e. The Labute approximate surface area is 180 Å². The summed E-state index contributed by atoms with van der Waals surface area (Å²) in [6, 6.07) is 5.28. The normalized spacial score (nSPS) is 12.9. The van der Waals surface area contributed by atoms with Gasteiger partial charge in [0, 0.05) is 8.07 Å². The van der Waals surface area contributed by atoms with Gasteiger partial charge in [-0.1, -0.05) is 19.6 Å². The minimum absolute atomic E-state index is 0.0402. The topological polar surface area (TPSA) is 118 Å². The lowest BCUT2D eigenvalue weighted by molar-refractivity contribution is -0.118. The molecule has 3 rings (SSSR count). The van der Waals surface area contributed by atoms with E-state index in [0.29, 0.717) is 5.69 Å². The molecule has 1 aliphatic heterocycles. The highest BCUT2D eigenvalue weighted by Gasteiger charge is 2.29. The zero-order valence-electron chi connectivity index (χ0n) is 18.1. The number of methoxy groups -OCH3 is 2. The van der Waals surface area contributed by atoms with Gasteiger partial charge in [-0.05, 0) is 18.2 Å². The van der Waals surface area contributed by atoms with Crippen LogP contribution in [0.5, 0.6) is 29.3 Å². The van der Waals surface area contributed by atoms with Crippen molar-refractivity contribution >= 4 is 25.6 Å². The van der Waals surface area contributed by atoms with Crippen LogP contribution in [0.15, 0.2) is 18.2 Å². The Kier molecular flexibility index (Phi) is 6.64. The van der Waals surface area contributed by atoms with E-state index in [1.54, 1.807) is 6.07 Å². The van der Waals surface area contributed by atoms with E-state index in [1.807, 2.05) is 0 Å². The third-order valence-electron chi connectivity index (χ3n) is 4.31. The lowest BCUT2D eigenvalue weighted by Crippen LogP contribution is -2.27. The van der Waals surface area contributed by atoms with Crippen LogP contribution in [0.25, 0.3) is 0 Å².